The predicted octanol–water partition coefficient (Wildman–Crippen LogP) is 3.00. The minimum absolute atomic E-state index is 0. The fourth-order valence-electron chi connectivity index (χ4n) is 3.62. The first kappa shape index (κ1) is 20.1. The Morgan fingerprint density at radius 1 is 1.18 bits per heavy atom. The molecule has 0 amide bonds. The fraction of sp³-hybridized carbons (Fsp3) is 0.667. The molecule has 1 saturated carbocycles. The van der Waals surface area contributed by atoms with E-state index >= 15 is 0 Å². The van der Waals surface area contributed by atoms with Gasteiger partial charge in [0.25, 0.3) is 0 Å². The Bertz CT molecular complexity index is 471. The molecule has 0 bridgehead atoms. The molecule has 2 rings (SSSR count). The average Bonchev–Trinajstić information content (AvgIpc) is 2.41. The van der Waals surface area contributed by atoms with E-state index in [2.05, 4.69) is 13.8 Å². The number of benzene rings is 1. The highest BCUT2D eigenvalue weighted by atomic mass is 35.5. The van der Waals surface area contributed by atoms with E-state index in [1.54, 1.807) is 0 Å². The smallest absolute Gasteiger partial charge is 0.0639 e. The van der Waals surface area contributed by atoms with Crippen LogP contribution in [0.1, 0.15) is 64.4 Å². The minimum atomic E-state index is -0.278. The van der Waals surface area contributed by atoms with E-state index in [0.717, 1.165) is 31.2 Å². The maximum atomic E-state index is 10.9. The predicted molar refractivity (Wildman–Crippen MR) is 91.3 cm³/mol. The van der Waals surface area contributed by atoms with E-state index in [-0.39, 0.29) is 23.9 Å². The maximum Gasteiger partial charge on any atom is 0.0639 e. The molecule has 22 heavy (non-hydrogen) atoms. The number of halogens is 3. The normalized spacial score (nSPS) is 19.0. The SMILES string of the molecule is CCCC(CC)CC(O)C1(c2ccc(Cl)c(Cl)c2)CCC1.[Cl-]. The molecule has 4 heteroatoms. The molecule has 126 valence electrons. The molecular formula is C18H26Cl3O-. The van der Waals surface area contributed by atoms with Gasteiger partial charge < -0.3 is 17.5 Å². The van der Waals surface area contributed by atoms with E-state index in [1.165, 1.54) is 19.3 Å². The van der Waals surface area contributed by atoms with E-state index in [0.29, 0.717) is 16.0 Å². The highest BCUT2D eigenvalue weighted by molar-refractivity contribution is 6.42. The first-order chi connectivity index (χ1) is 10.0. The van der Waals surface area contributed by atoms with Gasteiger partial charge in [0.05, 0.1) is 16.1 Å². The van der Waals surface area contributed by atoms with Crippen LogP contribution in [0.3, 0.4) is 0 Å². The van der Waals surface area contributed by atoms with Crippen LogP contribution >= 0.6 is 23.2 Å². The zero-order valence-corrected chi connectivity index (χ0v) is 15.7. The van der Waals surface area contributed by atoms with Crippen LogP contribution < -0.4 is 12.4 Å². The zero-order chi connectivity index (χ0) is 15.5. The Kier molecular flexibility index (Phi) is 8.02. The first-order valence-electron chi connectivity index (χ1n) is 8.17. The summed E-state index contributed by atoms with van der Waals surface area (Å²) in [7, 11) is 0. The van der Waals surface area contributed by atoms with Crippen LogP contribution in [-0.2, 0) is 5.41 Å². The molecule has 1 N–H and O–H groups in total. The molecule has 1 aliphatic carbocycles. The summed E-state index contributed by atoms with van der Waals surface area (Å²) < 4.78 is 0. The molecule has 0 heterocycles. The number of hydrogen-bond acceptors (Lipinski definition) is 1. The largest absolute Gasteiger partial charge is 1.00 e. The molecule has 1 aromatic rings. The van der Waals surface area contributed by atoms with Crippen LogP contribution in [-0.4, -0.2) is 11.2 Å². The van der Waals surface area contributed by atoms with Gasteiger partial charge in [-0.2, -0.15) is 0 Å². The van der Waals surface area contributed by atoms with Crippen LogP contribution in [0.25, 0.3) is 0 Å². The topological polar surface area (TPSA) is 20.2 Å². The Morgan fingerprint density at radius 2 is 1.86 bits per heavy atom. The van der Waals surface area contributed by atoms with Crippen LogP contribution in [0.5, 0.6) is 0 Å². The van der Waals surface area contributed by atoms with Crippen molar-refractivity contribution in [3.63, 3.8) is 0 Å². The van der Waals surface area contributed by atoms with Crippen molar-refractivity contribution >= 4 is 23.2 Å². The number of hydrogen-bond donors (Lipinski definition) is 1. The Labute approximate surface area is 150 Å². The lowest BCUT2D eigenvalue weighted by Gasteiger charge is -2.47. The molecule has 0 aliphatic heterocycles. The van der Waals surface area contributed by atoms with Gasteiger partial charge in [-0.3, -0.25) is 0 Å². The Morgan fingerprint density at radius 3 is 2.32 bits per heavy atom. The highest BCUT2D eigenvalue weighted by Crippen LogP contribution is 2.49. The van der Waals surface area contributed by atoms with Crippen molar-refractivity contribution < 1.29 is 17.5 Å². The summed E-state index contributed by atoms with van der Waals surface area (Å²) in [6.45, 7) is 4.44. The summed E-state index contributed by atoms with van der Waals surface area (Å²) in [5.74, 6) is 0.616. The molecule has 1 aromatic carbocycles. The van der Waals surface area contributed by atoms with Gasteiger partial charge >= 0.3 is 0 Å². The number of rotatable bonds is 7. The molecule has 0 saturated heterocycles. The van der Waals surface area contributed by atoms with Crippen molar-refractivity contribution in [2.45, 2.75) is 70.3 Å². The summed E-state index contributed by atoms with van der Waals surface area (Å²) in [5.41, 5.74) is 1.05. The van der Waals surface area contributed by atoms with Gasteiger partial charge in [0, 0.05) is 5.41 Å². The van der Waals surface area contributed by atoms with Gasteiger partial charge in [0.1, 0.15) is 0 Å². The van der Waals surface area contributed by atoms with Crippen molar-refractivity contribution in [2.75, 3.05) is 0 Å². The van der Waals surface area contributed by atoms with Gasteiger partial charge in [-0.15, -0.1) is 0 Å². The summed E-state index contributed by atoms with van der Waals surface area (Å²) in [6, 6.07) is 5.85. The first-order valence-corrected chi connectivity index (χ1v) is 8.92. The lowest BCUT2D eigenvalue weighted by molar-refractivity contribution is -0.0000167. The molecule has 0 aromatic heterocycles. The van der Waals surface area contributed by atoms with Crippen molar-refractivity contribution in [1.29, 1.82) is 0 Å². The van der Waals surface area contributed by atoms with Crippen LogP contribution in [0, 0.1) is 5.92 Å². The summed E-state index contributed by atoms with van der Waals surface area (Å²) in [6.07, 6.45) is 7.42. The van der Waals surface area contributed by atoms with Crippen molar-refractivity contribution in [3.05, 3.63) is 33.8 Å². The highest BCUT2D eigenvalue weighted by Gasteiger charge is 2.45. The van der Waals surface area contributed by atoms with Crippen LogP contribution in [0.15, 0.2) is 18.2 Å². The van der Waals surface area contributed by atoms with E-state index < -0.39 is 0 Å². The summed E-state index contributed by atoms with van der Waals surface area (Å²) >= 11 is 12.2. The number of aliphatic hydroxyl groups is 1. The van der Waals surface area contributed by atoms with E-state index in [9.17, 15) is 5.11 Å². The average molecular weight is 365 g/mol. The third kappa shape index (κ3) is 4.12. The van der Waals surface area contributed by atoms with E-state index in [1.807, 2.05) is 18.2 Å². The summed E-state index contributed by atoms with van der Waals surface area (Å²) in [4.78, 5) is 0. The van der Waals surface area contributed by atoms with Crippen molar-refractivity contribution in [1.82, 2.24) is 0 Å². The van der Waals surface area contributed by atoms with Crippen LogP contribution in [0.2, 0.25) is 10.0 Å². The monoisotopic (exact) mass is 363 g/mol. The summed E-state index contributed by atoms with van der Waals surface area (Å²) in [5, 5.41) is 12.1. The second-order valence-electron chi connectivity index (χ2n) is 6.45. The van der Waals surface area contributed by atoms with Crippen molar-refractivity contribution in [2.24, 2.45) is 5.92 Å². The van der Waals surface area contributed by atoms with Gasteiger partial charge in [-0.1, -0.05) is 68.8 Å². The molecule has 0 spiro atoms. The third-order valence-corrected chi connectivity index (χ3v) is 5.95. The molecule has 1 aliphatic rings. The number of aliphatic hydroxyl groups excluding tert-OH is 1. The Hall–Kier alpha value is 0.0500. The molecule has 0 radical (unpaired) electrons. The zero-order valence-electron chi connectivity index (χ0n) is 13.4. The maximum absolute atomic E-state index is 10.9. The second kappa shape index (κ2) is 8.78. The molecule has 1 fully saturated rings. The van der Waals surface area contributed by atoms with Gasteiger partial charge in [-0.05, 0) is 42.9 Å². The minimum Gasteiger partial charge on any atom is -1.00 e. The molecule has 2 unspecified atom stereocenters. The molecule has 1 nitrogen and oxygen atoms in total. The molecule has 2 atom stereocenters. The lowest BCUT2D eigenvalue weighted by atomic mass is 9.59. The van der Waals surface area contributed by atoms with Crippen LogP contribution in [0.4, 0.5) is 0 Å². The quantitative estimate of drug-likeness (QED) is 0.788. The fourth-order valence-corrected chi connectivity index (χ4v) is 3.91. The van der Waals surface area contributed by atoms with Gasteiger partial charge in [0.15, 0.2) is 0 Å². The molecular weight excluding hydrogens is 339 g/mol. The third-order valence-electron chi connectivity index (χ3n) is 5.21. The Balaban J connectivity index is 0.00000242. The van der Waals surface area contributed by atoms with E-state index in [4.69, 9.17) is 23.2 Å². The van der Waals surface area contributed by atoms with Gasteiger partial charge in [0.2, 0.25) is 0 Å². The van der Waals surface area contributed by atoms with Crippen molar-refractivity contribution in [3.8, 4) is 0 Å². The van der Waals surface area contributed by atoms with Gasteiger partial charge in [-0.25, -0.2) is 0 Å². The standard InChI is InChI=1S/C18H26Cl2O.ClH/c1-3-6-13(4-2)11-17(21)18(9-5-10-18)14-7-8-15(19)16(20)12-14;/h7-8,12-13,17,21H,3-6,9-11H2,1-2H3;1H/p-1. The second-order valence-corrected chi connectivity index (χ2v) is 7.27. The lowest BCUT2D eigenvalue weighted by Crippen LogP contribution is -3.00.